The maximum atomic E-state index is 16.7. The van der Waals surface area contributed by atoms with Gasteiger partial charge < -0.3 is 0 Å². The predicted octanol–water partition coefficient (Wildman–Crippen LogP) is 14.1. The van der Waals surface area contributed by atoms with E-state index in [1.54, 1.807) is 48.5 Å². The van der Waals surface area contributed by atoms with Crippen LogP contribution in [0.2, 0.25) is 0 Å². The third-order valence-corrected chi connectivity index (χ3v) is 11.3. The highest BCUT2D eigenvalue weighted by molar-refractivity contribution is 6.61. The van der Waals surface area contributed by atoms with Gasteiger partial charge in [0.2, 0.25) is 0 Å². The fraction of sp³-hybridized carbons (Fsp3) is 0.0943. The Bertz CT molecular complexity index is 2750. The van der Waals surface area contributed by atoms with E-state index in [0.29, 0.717) is 50.5 Å². The molecular weight excluding hydrogens is 760 g/mol. The van der Waals surface area contributed by atoms with E-state index in [9.17, 15) is 17.6 Å². The molecule has 9 rings (SSSR count). The lowest BCUT2D eigenvalue weighted by atomic mass is 9.79. The van der Waals surface area contributed by atoms with Gasteiger partial charge in [0.15, 0.2) is 0 Å². The van der Waals surface area contributed by atoms with Gasteiger partial charge in [-0.1, -0.05) is 103 Å². The monoisotopic (exact) mass is 796 g/mol. The van der Waals surface area contributed by atoms with E-state index in [0.717, 1.165) is 44.3 Å². The molecule has 294 valence electrons. The van der Waals surface area contributed by atoms with Crippen molar-refractivity contribution in [3.8, 4) is 0 Å². The van der Waals surface area contributed by atoms with Crippen molar-refractivity contribution in [3.05, 3.63) is 248 Å². The fourth-order valence-electron chi connectivity index (χ4n) is 8.72. The molecule has 60 heavy (non-hydrogen) atoms. The van der Waals surface area contributed by atoms with Gasteiger partial charge in [0.25, 0.3) is 0 Å². The molecule has 1 aliphatic rings. The van der Waals surface area contributed by atoms with E-state index in [-0.39, 0.29) is 0 Å². The first-order valence-corrected chi connectivity index (χ1v) is 19.7. The van der Waals surface area contributed by atoms with Crippen LogP contribution in [-0.2, 0) is 0 Å². The molecule has 0 spiro atoms. The Kier molecular flexibility index (Phi) is 10.0. The van der Waals surface area contributed by atoms with Gasteiger partial charge in [0, 0.05) is 28.3 Å². The van der Waals surface area contributed by atoms with Crippen LogP contribution in [0.1, 0.15) is 73.0 Å². The molecule has 0 N–H and O–H groups in total. The lowest BCUT2D eigenvalue weighted by molar-refractivity contribution is 0.618. The number of hydrogen-bond acceptors (Lipinski definition) is 2. The summed E-state index contributed by atoms with van der Waals surface area (Å²) in [5.41, 5.74) is 10.4. The topological polar surface area (TPSA) is 24.7 Å². The lowest BCUT2D eigenvalue weighted by Gasteiger charge is -2.27. The largest absolute Gasteiger partial charge is 0.246 e. The number of benzene rings is 8. The van der Waals surface area contributed by atoms with E-state index < -0.39 is 40.9 Å². The maximum absolute atomic E-state index is 16.7. The summed E-state index contributed by atoms with van der Waals surface area (Å²) in [6, 6.07) is 42.8. The third-order valence-electron chi connectivity index (χ3n) is 11.3. The maximum Gasteiger partial charge on any atom is 0.123 e. The molecule has 0 bridgehead atoms. The zero-order chi connectivity index (χ0) is 41.7. The predicted molar refractivity (Wildman–Crippen MR) is 231 cm³/mol. The van der Waals surface area contributed by atoms with E-state index in [1.807, 2.05) is 57.2 Å². The van der Waals surface area contributed by atoms with Crippen molar-refractivity contribution >= 4 is 33.6 Å². The molecule has 8 aromatic carbocycles. The summed E-state index contributed by atoms with van der Waals surface area (Å²) in [4.78, 5) is 11.0. The molecule has 0 aliphatic heterocycles. The molecule has 0 saturated heterocycles. The zero-order valence-electron chi connectivity index (χ0n) is 33.0. The van der Waals surface area contributed by atoms with Crippen molar-refractivity contribution in [1.29, 1.82) is 0 Å². The van der Waals surface area contributed by atoms with Crippen molar-refractivity contribution < 1.29 is 22.0 Å². The first kappa shape index (κ1) is 38.5. The van der Waals surface area contributed by atoms with Crippen LogP contribution in [0.25, 0.3) is 10.8 Å². The van der Waals surface area contributed by atoms with E-state index in [2.05, 4.69) is 12.1 Å². The smallest absolute Gasteiger partial charge is 0.123 e. The minimum Gasteiger partial charge on any atom is -0.246 e. The standard InChI is InChI=1S/C53H37F5N2/c1-30-26-31(2)50(32(3)27-30)59-52-43-8-4-6-33-7-5-9-44(49(33)43)53(52)60-51-45(47(34-10-18-38(54)19-11-34)35-12-20-39(55)21-13-35)28-42(58)29-46(51)48(36-14-22-40(56)23-15-36)37-16-24-41(57)25-17-37/h4-29,47-48H,1-3H3. The average molecular weight is 797 g/mol. The number of hydrogen-bond donors (Lipinski definition) is 0. The first-order valence-electron chi connectivity index (χ1n) is 19.7. The van der Waals surface area contributed by atoms with E-state index in [4.69, 9.17) is 9.98 Å². The highest BCUT2D eigenvalue weighted by Gasteiger charge is 2.32. The van der Waals surface area contributed by atoms with Crippen molar-refractivity contribution in [1.82, 2.24) is 0 Å². The normalized spacial score (nSPS) is 13.7. The van der Waals surface area contributed by atoms with E-state index >= 15 is 4.39 Å². The lowest BCUT2D eigenvalue weighted by Crippen LogP contribution is -2.14. The quantitative estimate of drug-likeness (QED) is 0.108. The van der Waals surface area contributed by atoms with Gasteiger partial charge in [0.1, 0.15) is 29.1 Å². The van der Waals surface area contributed by atoms with Gasteiger partial charge in [-0.2, -0.15) is 0 Å². The summed E-state index contributed by atoms with van der Waals surface area (Å²) in [6.45, 7) is 6.10. The summed E-state index contributed by atoms with van der Waals surface area (Å²) in [6.07, 6.45) is 0. The summed E-state index contributed by atoms with van der Waals surface area (Å²) >= 11 is 0. The highest BCUT2D eigenvalue weighted by Crippen LogP contribution is 2.47. The van der Waals surface area contributed by atoms with Crippen molar-refractivity contribution in [2.24, 2.45) is 9.98 Å². The van der Waals surface area contributed by atoms with Gasteiger partial charge >= 0.3 is 0 Å². The number of nitrogens with zero attached hydrogens (tertiary/aromatic N) is 2. The number of aryl methyl sites for hydroxylation is 3. The van der Waals surface area contributed by atoms with Crippen LogP contribution in [0.15, 0.2) is 168 Å². The molecule has 0 atom stereocenters. The van der Waals surface area contributed by atoms with Gasteiger partial charge in [-0.15, -0.1) is 0 Å². The van der Waals surface area contributed by atoms with Crippen LogP contribution in [0.4, 0.5) is 33.3 Å². The summed E-state index contributed by atoms with van der Waals surface area (Å²) in [5, 5.41) is 1.96. The highest BCUT2D eigenvalue weighted by atomic mass is 19.1. The van der Waals surface area contributed by atoms with Crippen molar-refractivity contribution in [3.63, 3.8) is 0 Å². The fourth-order valence-corrected chi connectivity index (χ4v) is 8.72. The Morgan fingerprint density at radius 2 is 0.733 bits per heavy atom. The summed E-state index contributed by atoms with van der Waals surface area (Å²) in [7, 11) is 0. The molecule has 1 aliphatic carbocycles. The van der Waals surface area contributed by atoms with E-state index in [1.165, 1.54) is 60.7 Å². The molecule has 0 amide bonds. The Labute approximate surface area is 345 Å². The minimum absolute atomic E-state index is 0.374. The molecule has 0 heterocycles. The molecule has 0 aromatic heterocycles. The summed E-state index contributed by atoms with van der Waals surface area (Å²) < 4.78 is 75.0. The SMILES string of the molecule is Cc1cc(C)c(N=C2C(=Nc3c(C(c4ccc(F)cc4)c4ccc(F)cc4)cc(F)cc3C(c3ccc(F)cc3)c3ccc(F)cc3)c3cccc4cccc2c34)c(C)c1. The number of halogens is 5. The molecule has 2 nitrogen and oxygen atoms in total. The molecule has 0 fully saturated rings. The Hall–Kier alpha value is -6.99. The average Bonchev–Trinajstić information content (AvgIpc) is 3.53. The molecule has 0 unspecified atom stereocenters. The summed E-state index contributed by atoms with van der Waals surface area (Å²) in [5.74, 6) is -3.96. The Morgan fingerprint density at radius 3 is 1.10 bits per heavy atom. The Morgan fingerprint density at radius 1 is 0.383 bits per heavy atom. The van der Waals surface area contributed by atoms with Gasteiger partial charge in [-0.3, -0.25) is 0 Å². The van der Waals surface area contributed by atoms with Crippen LogP contribution < -0.4 is 0 Å². The van der Waals surface area contributed by atoms with Crippen LogP contribution in [0, 0.1) is 49.9 Å². The second kappa shape index (κ2) is 15.6. The molecule has 0 radical (unpaired) electrons. The third kappa shape index (κ3) is 7.21. The second-order valence-electron chi connectivity index (χ2n) is 15.4. The van der Waals surface area contributed by atoms with Crippen LogP contribution in [-0.4, -0.2) is 11.4 Å². The van der Waals surface area contributed by atoms with Crippen LogP contribution in [0.5, 0.6) is 0 Å². The molecule has 8 aromatic rings. The van der Waals surface area contributed by atoms with Crippen LogP contribution in [0.3, 0.4) is 0 Å². The second-order valence-corrected chi connectivity index (χ2v) is 15.4. The van der Waals surface area contributed by atoms with Crippen molar-refractivity contribution in [2.75, 3.05) is 0 Å². The Balaban J connectivity index is 1.42. The van der Waals surface area contributed by atoms with Gasteiger partial charge in [-0.05, 0) is 131 Å². The minimum atomic E-state index is -0.774. The van der Waals surface area contributed by atoms with Crippen molar-refractivity contribution in [2.45, 2.75) is 32.6 Å². The molecule has 7 heteroatoms. The zero-order valence-corrected chi connectivity index (χ0v) is 33.0. The molecule has 0 saturated carbocycles. The molecular formula is C53H37F5N2. The number of aliphatic imine (C=N–C) groups is 2. The van der Waals surface area contributed by atoms with Gasteiger partial charge in [0.05, 0.1) is 22.8 Å². The first-order chi connectivity index (χ1) is 29.0. The van der Waals surface area contributed by atoms with Gasteiger partial charge in [-0.25, -0.2) is 31.9 Å². The van der Waals surface area contributed by atoms with Crippen LogP contribution >= 0.6 is 0 Å². The number of rotatable bonds is 8.